The zero-order valence-electron chi connectivity index (χ0n) is 18.6. The third-order valence-electron chi connectivity index (χ3n) is 6.10. The molecule has 0 N–H and O–H groups in total. The number of benzene rings is 2. The summed E-state index contributed by atoms with van der Waals surface area (Å²) in [7, 11) is 2.08. The second kappa shape index (κ2) is 9.15. The summed E-state index contributed by atoms with van der Waals surface area (Å²) in [6, 6.07) is 15.3. The van der Waals surface area contributed by atoms with Gasteiger partial charge in [0, 0.05) is 49.4 Å². The van der Waals surface area contributed by atoms with Crippen molar-refractivity contribution in [1.29, 1.82) is 5.26 Å². The molecule has 6 nitrogen and oxygen atoms in total. The van der Waals surface area contributed by atoms with E-state index in [1.807, 2.05) is 47.7 Å². The minimum absolute atomic E-state index is 0.0938. The summed E-state index contributed by atoms with van der Waals surface area (Å²) in [6.45, 7) is 7.35. The molecule has 2 heterocycles. The monoisotopic (exact) mass is 447 g/mol. The predicted octanol–water partition coefficient (Wildman–Crippen LogP) is 3.99. The van der Waals surface area contributed by atoms with Crippen LogP contribution in [-0.2, 0) is 6.42 Å². The normalized spacial score (nSPS) is 14.4. The van der Waals surface area contributed by atoms with E-state index in [2.05, 4.69) is 24.1 Å². The molecule has 4 rings (SSSR count). The van der Waals surface area contributed by atoms with Crippen LogP contribution in [0.4, 0.5) is 0 Å². The van der Waals surface area contributed by atoms with E-state index in [1.165, 1.54) is 0 Å². The van der Waals surface area contributed by atoms with Gasteiger partial charge in [0.15, 0.2) is 0 Å². The zero-order valence-corrected chi connectivity index (χ0v) is 19.4. The second-order valence-electron chi connectivity index (χ2n) is 8.31. The van der Waals surface area contributed by atoms with Crippen LogP contribution in [0.15, 0.2) is 42.5 Å². The maximum atomic E-state index is 13.0. The SMILES string of the molecule is Cc1nn(-c2ccc(C#N)c(Cl)c2)c(C)c1Cc1cccc(C(=O)N2CCN(C)CC2)c1. The Morgan fingerprint density at radius 3 is 2.56 bits per heavy atom. The van der Waals surface area contributed by atoms with Gasteiger partial charge in [0.05, 0.1) is 22.0 Å². The molecular weight excluding hydrogens is 422 g/mol. The Labute approximate surface area is 193 Å². The van der Waals surface area contributed by atoms with Crippen LogP contribution < -0.4 is 0 Å². The van der Waals surface area contributed by atoms with Gasteiger partial charge in [-0.15, -0.1) is 0 Å². The van der Waals surface area contributed by atoms with Crippen molar-refractivity contribution in [3.8, 4) is 11.8 Å². The number of hydrogen-bond acceptors (Lipinski definition) is 4. The summed E-state index contributed by atoms with van der Waals surface area (Å²) in [5.74, 6) is 0.0938. The maximum Gasteiger partial charge on any atom is 0.253 e. The smallest absolute Gasteiger partial charge is 0.253 e. The Bertz CT molecular complexity index is 1200. The van der Waals surface area contributed by atoms with Crippen LogP contribution in [0.2, 0.25) is 5.02 Å². The second-order valence-corrected chi connectivity index (χ2v) is 8.72. The third kappa shape index (κ3) is 4.40. The molecule has 1 aliphatic rings. The summed E-state index contributed by atoms with van der Waals surface area (Å²) in [6.07, 6.45) is 0.686. The van der Waals surface area contributed by atoms with E-state index >= 15 is 0 Å². The van der Waals surface area contributed by atoms with Gasteiger partial charge in [-0.2, -0.15) is 10.4 Å². The van der Waals surface area contributed by atoms with E-state index in [-0.39, 0.29) is 5.91 Å². The quantitative estimate of drug-likeness (QED) is 0.606. The molecule has 1 aromatic heterocycles. The molecule has 2 aromatic carbocycles. The number of carbonyl (C=O) groups is 1. The molecule has 1 aliphatic heterocycles. The molecule has 1 saturated heterocycles. The van der Waals surface area contributed by atoms with Crippen molar-refractivity contribution < 1.29 is 4.79 Å². The summed E-state index contributed by atoms with van der Waals surface area (Å²) in [4.78, 5) is 17.1. The van der Waals surface area contributed by atoms with Crippen molar-refractivity contribution in [2.45, 2.75) is 20.3 Å². The van der Waals surface area contributed by atoms with Gasteiger partial charge < -0.3 is 9.80 Å². The molecule has 0 bridgehead atoms. The van der Waals surface area contributed by atoms with Crippen LogP contribution in [0.25, 0.3) is 5.69 Å². The summed E-state index contributed by atoms with van der Waals surface area (Å²) in [5, 5.41) is 14.2. The molecule has 0 aliphatic carbocycles. The number of rotatable bonds is 4. The van der Waals surface area contributed by atoms with Crippen LogP contribution >= 0.6 is 11.6 Å². The minimum atomic E-state index is 0.0938. The van der Waals surface area contributed by atoms with Crippen LogP contribution in [0.3, 0.4) is 0 Å². The van der Waals surface area contributed by atoms with Crippen molar-refractivity contribution in [2.75, 3.05) is 33.2 Å². The molecule has 0 atom stereocenters. The Kier molecular flexibility index (Phi) is 6.31. The highest BCUT2D eigenvalue weighted by atomic mass is 35.5. The minimum Gasteiger partial charge on any atom is -0.336 e. The highest BCUT2D eigenvalue weighted by Crippen LogP contribution is 2.25. The molecule has 0 saturated carbocycles. The predicted molar refractivity (Wildman–Crippen MR) is 125 cm³/mol. The van der Waals surface area contributed by atoms with Crippen molar-refractivity contribution in [1.82, 2.24) is 19.6 Å². The fraction of sp³-hybridized carbons (Fsp3) is 0.320. The molecule has 0 spiro atoms. The highest BCUT2D eigenvalue weighted by Gasteiger charge is 2.21. The van der Waals surface area contributed by atoms with Gasteiger partial charge in [0.25, 0.3) is 5.91 Å². The van der Waals surface area contributed by atoms with Crippen LogP contribution in [0, 0.1) is 25.2 Å². The summed E-state index contributed by atoms with van der Waals surface area (Å²) >= 11 is 6.23. The lowest BCUT2D eigenvalue weighted by Crippen LogP contribution is -2.47. The van der Waals surface area contributed by atoms with Crippen LogP contribution in [0.1, 0.15) is 38.4 Å². The largest absolute Gasteiger partial charge is 0.336 e. The lowest BCUT2D eigenvalue weighted by Gasteiger charge is -2.32. The maximum absolute atomic E-state index is 13.0. The first kappa shape index (κ1) is 22.1. The van der Waals surface area contributed by atoms with E-state index in [0.29, 0.717) is 17.0 Å². The third-order valence-corrected chi connectivity index (χ3v) is 6.42. The molecule has 0 unspecified atom stereocenters. The van der Waals surface area contributed by atoms with Gasteiger partial charge in [-0.25, -0.2) is 4.68 Å². The van der Waals surface area contributed by atoms with Crippen molar-refractivity contribution in [3.63, 3.8) is 0 Å². The molecular formula is C25H26ClN5O. The number of aryl methyl sites for hydroxylation is 1. The number of carbonyl (C=O) groups excluding carboxylic acids is 1. The van der Waals surface area contributed by atoms with E-state index < -0.39 is 0 Å². The zero-order chi connectivity index (χ0) is 22.8. The standard InChI is InChI=1S/C25H26ClN5O/c1-17-23(18(2)31(28-17)22-8-7-21(16-27)24(26)15-22)14-19-5-4-6-20(13-19)25(32)30-11-9-29(3)10-12-30/h4-8,13,15H,9-12,14H2,1-3H3. The number of likely N-dealkylation sites (N-methyl/N-ethyl adjacent to an activating group) is 1. The number of nitrogens with zero attached hydrogens (tertiary/aromatic N) is 5. The van der Waals surface area contributed by atoms with Crippen LogP contribution in [-0.4, -0.2) is 58.7 Å². The van der Waals surface area contributed by atoms with Crippen molar-refractivity contribution >= 4 is 17.5 Å². The van der Waals surface area contributed by atoms with Gasteiger partial charge >= 0.3 is 0 Å². The van der Waals surface area contributed by atoms with Gasteiger partial charge in [-0.05, 0) is 56.8 Å². The molecule has 7 heteroatoms. The van der Waals surface area contributed by atoms with Crippen molar-refractivity contribution in [2.24, 2.45) is 0 Å². The average Bonchev–Trinajstić information content (AvgIpc) is 3.07. The van der Waals surface area contributed by atoms with Crippen LogP contribution in [0.5, 0.6) is 0 Å². The first-order valence-corrected chi connectivity index (χ1v) is 11.1. The molecule has 32 heavy (non-hydrogen) atoms. The van der Waals surface area contributed by atoms with Gasteiger partial charge in [0.2, 0.25) is 0 Å². The molecule has 1 fully saturated rings. The summed E-state index contributed by atoms with van der Waals surface area (Å²) in [5.41, 5.74) is 6.13. The topological polar surface area (TPSA) is 65.2 Å². The molecule has 164 valence electrons. The lowest BCUT2D eigenvalue weighted by atomic mass is 10.0. The fourth-order valence-corrected chi connectivity index (χ4v) is 4.34. The fourth-order valence-electron chi connectivity index (χ4n) is 4.12. The number of nitriles is 1. The summed E-state index contributed by atoms with van der Waals surface area (Å²) < 4.78 is 1.86. The number of halogens is 1. The molecule has 0 radical (unpaired) electrons. The molecule has 3 aromatic rings. The molecule has 1 amide bonds. The Balaban J connectivity index is 1.58. The van der Waals surface area contributed by atoms with E-state index in [9.17, 15) is 4.79 Å². The number of aromatic nitrogens is 2. The van der Waals surface area contributed by atoms with Gasteiger partial charge in [0.1, 0.15) is 6.07 Å². The van der Waals surface area contributed by atoms with Gasteiger partial charge in [-0.3, -0.25) is 4.79 Å². The number of piperazine rings is 1. The van der Waals surface area contributed by atoms with Crippen molar-refractivity contribution in [3.05, 3.63) is 81.1 Å². The lowest BCUT2D eigenvalue weighted by molar-refractivity contribution is 0.0664. The number of amides is 1. The van der Waals surface area contributed by atoms with E-state index in [0.717, 1.165) is 59.9 Å². The average molecular weight is 448 g/mol. The highest BCUT2D eigenvalue weighted by molar-refractivity contribution is 6.31. The van der Waals surface area contributed by atoms with E-state index in [1.54, 1.807) is 12.1 Å². The van der Waals surface area contributed by atoms with Gasteiger partial charge in [-0.1, -0.05) is 23.7 Å². The first-order chi connectivity index (χ1) is 15.4. The number of hydrogen-bond donors (Lipinski definition) is 0. The Hall–Kier alpha value is -3.14. The van der Waals surface area contributed by atoms with E-state index in [4.69, 9.17) is 22.0 Å². The Morgan fingerprint density at radius 2 is 1.88 bits per heavy atom. The first-order valence-electron chi connectivity index (χ1n) is 10.7. The Morgan fingerprint density at radius 1 is 1.12 bits per heavy atom.